The molecule has 3 aromatic rings. The van der Waals surface area contributed by atoms with E-state index in [0.717, 1.165) is 30.0 Å². The Morgan fingerprint density at radius 1 is 1.00 bits per heavy atom. The number of nitrogens with one attached hydrogen (secondary N) is 1. The highest BCUT2D eigenvalue weighted by molar-refractivity contribution is 5.82. The third-order valence-electron chi connectivity index (χ3n) is 3.87. The van der Waals surface area contributed by atoms with Crippen LogP contribution in [0.25, 0.3) is 0 Å². The molecule has 3 rings (SSSR count). The van der Waals surface area contributed by atoms with E-state index < -0.39 is 0 Å². The molecule has 0 amide bonds. The second kappa shape index (κ2) is 7.59. The Labute approximate surface area is 142 Å². The van der Waals surface area contributed by atoms with Gasteiger partial charge in [0.1, 0.15) is 5.82 Å². The van der Waals surface area contributed by atoms with Crippen LogP contribution in [-0.2, 0) is 12.8 Å². The van der Waals surface area contributed by atoms with Gasteiger partial charge in [-0.2, -0.15) is 0 Å². The van der Waals surface area contributed by atoms with Gasteiger partial charge in [0.15, 0.2) is 5.82 Å². The smallest absolute Gasteiger partial charge is 0.170 e. The number of aromatic amines is 1. The van der Waals surface area contributed by atoms with Gasteiger partial charge in [-0.25, -0.2) is 9.98 Å². The first-order chi connectivity index (χ1) is 11.7. The standard InChI is InChI=1S/C20H22N4/c1-24(2)18-11-8-17(9-12-18)14-21-20-15-22-19(23-20)13-10-16-6-4-3-5-7-16/h3-9,11-12,14-15H,10,13H2,1-2H3,(H,22,23). The summed E-state index contributed by atoms with van der Waals surface area (Å²) < 4.78 is 0. The maximum absolute atomic E-state index is 4.52. The molecule has 0 fully saturated rings. The van der Waals surface area contributed by atoms with Crippen LogP contribution in [0.2, 0.25) is 0 Å². The van der Waals surface area contributed by atoms with Crippen LogP contribution in [0, 0.1) is 0 Å². The molecule has 0 radical (unpaired) electrons. The SMILES string of the molecule is CN(C)c1ccc(C=Nc2c[nH]c(CCc3ccccc3)n2)cc1. The summed E-state index contributed by atoms with van der Waals surface area (Å²) in [4.78, 5) is 14.3. The summed E-state index contributed by atoms with van der Waals surface area (Å²) in [6.07, 6.45) is 5.56. The van der Waals surface area contributed by atoms with Crippen molar-refractivity contribution >= 4 is 17.7 Å². The molecule has 0 aliphatic heterocycles. The van der Waals surface area contributed by atoms with Crippen LogP contribution in [0.3, 0.4) is 0 Å². The number of H-pyrrole nitrogens is 1. The van der Waals surface area contributed by atoms with Crippen LogP contribution in [0.4, 0.5) is 11.5 Å². The van der Waals surface area contributed by atoms with Crippen molar-refractivity contribution < 1.29 is 0 Å². The van der Waals surface area contributed by atoms with Gasteiger partial charge in [-0.3, -0.25) is 0 Å². The number of hydrogen-bond donors (Lipinski definition) is 1. The highest BCUT2D eigenvalue weighted by atomic mass is 15.1. The molecule has 0 spiro atoms. The minimum Gasteiger partial charge on any atom is -0.378 e. The van der Waals surface area contributed by atoms with Gasteiger partial charge >= 0.3 is 0 Å². The van der Waals surface area contributed by atoms with Crippen LogP contribution in [0.5, 0.6) is 0 Å². The first kappa shape index (κ1) is 16.0. The number of aliphatic imine (C=N–C) groups is 1. The molecule has 0 atom stereocenters. The van der Waals surface area contributed by atoms with Crippen molar-refractivity contribution in [2.75, 3.05) is 19.0 Å². The quantitative estimate of drug-likeness (QED) is 0.698. The Kier molecular flexibility index (Phi) is 5.06. The fourth-order valence-corrected chi connectivity index (χ4v) is 2.45. The van der Waals surface area contributed by atoms with E-state index >= 15 is 0 Å². The van der Waals surface area contributed by atoms with Crippen LogP contribution in [0.1, 0.15) is 17.0 Å². The van der Waals surface area contributed by atoms with Gasteiger partial charge in [0, 0.05) is 38.6 Å². The number of hydrogen-bond acceptors (Lipinski definition) is 3. The van der Waals surface area contributed by atoms with Crippen molar-refractivity contribution in [3.63, 3.8) is 0 Å². The van der Waals surface area contributed by atoms with E-state index in [1.54, 1.807) is 0 Å². The summed E-state index contributed by atoms with van der Waals surface area (Å²) in [5.41, 5.74) is 3.56. The Balaban J connectivity index is 1.59. The zero-order chi connectivity index (χ0) is 16.8. The summed E-state index contributed by atoms with van der Waals surface area (Å²) >= 11 is 0. The second-order valence-corrected chi connectivity index (χ2v) is 5.94. The number of rotatable bonds is 6. The summed E-state index contributed by atoms with van der Waals surface area (Å²) in [6.45, 7) is 0. The molecular weight excluding hydrogens is 296 g/mol. The third-order valence-corrected chi connectivity index (χ3v) is 3.87. The average molecular weight is 318 g/mol. The maximum atomic E-state index is 4.52. The molecule has 0 saturated heterocycles. The molecule has 4 heteroatoms. The molecule has 1 N–H and O–H groups in total. The molecule has 0 saturated carbocycles. The number of imidazole rings is 1. The summed E-state index contributed by atoms with van der Waals surface area (Å²) in [6, 6.07) is 18.7. The van der Waals surface area contributed by atoms with Crippen molar-refractivity contribution in [2.24, 2.45) is 4.99 Å². The second-order valence-electron chi connectivity index (χ2n) is 5.94. The fraction of sp³-hybridized carbons (Fsp3) is 0.200. The molecule has 0 unspecified atom stereocenters. The fourth-order valence-electron chi connectivity index (χ4n) is 2.45. The van der Waals surface area contributed by atoms with Crippen molar-refractivity contribution in [2.45, 2.75) is 12.8 Å². The number of nitrogens with zero attached hydrogens (tertiary/aromatic N) is 3. The summed E-state index contributed by atoms with van der Waals surface area (Å²) in [7, 11) is 4.06. The van der Waals surface area contributed by atoms with Crippen LogP contribution in [0.15, 0.2) is 65.8 Å². The van der Waals surface area contributed by atoms with Crippen LogP contribution < -0.4 is 4.90 Å². The summed E-state index contributed by atoms with van der Waals surface area (Å²) in [5, 5.41) is 0. The van der Waals surface area contributed by atoms with Gasteiger partial charge in [-0.15, -0.1) is 0 Å². The van der Waals surface area contributed by atoms with Gasteiger partial charge in [-0.1, -0.05) is 42.5 Å². The predicted molar refractivity (Wildman–Crippen MR) is 100 cm³/mol. The van der Waals surface area contributed by atoms with E-state index in [2.05, 4.69) is 68.4 Å². The molecule has 122 valence electrons. The zero-order valence-corrected chi connectivity index (χ0v) is 14.1. The van der Waals surface area contributed by atoms with E-state index in [-0.39, 0.29) is 0 Å². The lowest BCUT2D eigenvalue weighted by atomic mass is 10.1. The molecule has 0 aliphatic carbocycles. The maximum Gasteiger partial charge on any atom is 0.170 e. The highest BCUT2D eigenvalue weighted by Gasteiger charge is 2.01. The highest BCUT2D eigenvalue weighted by Crippen LogP contribution is 2.13. The third kappa shape index (κ3) is 4.32. The number of anilines is 1. The van der Waals surface area contributed by atoms with Crippen LogP contribution in [-0.4, -0.2) is 30.3 Å². The lowest BCUT2D eigenvalue weighted by Gasteiger charge is -2.11. The Morgan fingerprint density at radius 2 is 1.75 bits per heavy atom. The molecular formula is C20H22N4. The lowest BCUT2D eigenvalue weighted by Crippen LogP contribution is -2.08. The van der Waals surface area contributed by atoms with E-state index in [1.807, 2.05) is 32.6 Å². The molecule has 4 nitrogen and oxygen atoms in total. The monoisotopic (exact) mass is 318 g/mol. The van der Waals surface area contributed by atoms with Crippen molar-refractivity contribution in [1.29, 1.82) is 0 Å². The van der Waals surface area contributed by atoms with Gasteiger partial charge in [-0.05, 0) is 29.7 Å². The van der Waals surface area contributed by atoms with Crippen molar-refractivity contribution in [3.05, 3.63) is 77.7 Å². The summed E-state index contributed by atoms with van der Waals surface area (Å²) in [5.74, 6) is 1.68. The molecule has 24 heavy (non-hydrogen) atoms. The Hall–Kier alpha value is -2.88. The van der Waals surface area contributed by atoms with E-state index in [9.17, 15) is 0 Å². The normalized spacial score (nSPS) is 11.1. The molecule has 2 aromatic carbocycles. The van der Waals surface area contributed by atoms with E-state index in [4.69, 9.17) is 0 Å². The minimum atomic E-state index is 0.717. The predicted octanol–water partition coefficient (Wildman–Crippen LogP) is 4.01. The Bertz CT molecular complexity index is 786. The van der Waals surface area contributed by atoms with Crippen LogP contribution >= 0.6 is 0 Å². The zero-order valence-electron chi connectivity index (χ0n) is 14.1. The van der Waals surface area contributed by atoms with Gasteiger partial charge in [0.2, 0.25) is 0 Å². The topological polar surface area (TPSA) is 44.3 Å². The van der Waals surface area contributed by atoms with Crippen molar-refractivity contribution in [3.8, 4) is 0 Å². The van der Waals surface area contributed by atoms with Gasteiger partial charge in [0.25, 0.3) is 0 Å². The first-order valence-electron chi connectivity index (χ1n) is 8.10. The molecule has 1 aromatic heterocycles. The minimum absolute atomic E-state index is 0.717. The number of aryl methyl sites for hydroxylation is 2. The molecule has 0 aliphatic rings. The number of aromatic nitrogens is 2. The average Bonchev–Trinajstić information content (AvgIpc) is 3.07. The number of benzene rings is 2. The Morgan fingerprint density at radius 3 is 2.46 bits per heavy atom. The van der Waals surface area contributed by atoms with Gasteiger partial charge < -0.3 is 9.88 Å². The lowest BCUT2D eigenvalue weighted by molar-refractivity contribution is 0.884. The van der Waals surface area contributed by atoms with E-state index in [0.29, 0.717) is 0 Å². The molecule has 0 bridgehead atoms. The van der Waals surface area contributed by atoms with E-state index in [1.165, 1.54) is 11.3 Å². The van der Waals surface area contributed by atoms with Gasteiger partial charge in [0.05, 0.1) is 0 Å². The molecule has 1 heterocycles. The largest absolute Gasteiger partial charge is 0.378 e. The van der Waals surface area contributed by atoms with Crippen molar-refractivity contribution in [1.82, 2.24) is 9.97 Å². The first-order valence-corrected chi connectivity index (χ1v) is 8.10.